The summed E-state index contributed by atoms with van der Waals surface area (Å²) in [7, 11) is -1.46. The van der Waals surface area contributed by atoms with Crippen LogP contribution < -0.4 is 19.1 Å². The van der Waals surface area contributed by atoms with Gasteiger partial charge in [-0.1, -0.05) is 30.3 Å². The predicted molar refractivity (Wildman–Crippen MR) is 155 cm³/mol. The van der Waals surface area contributed by atoms with Crippen molar-refractivity contribution < 1.29 is 31.9 Å². The Kier molecular flexibility index (Phi) is 9.98. The van der Waals surface area contributed by atoms with Crippen molar-refractivity contribution in [1.82, 2.24) is 10.2 Å². The van der Waals surface area contributed by atoms with Gasteiger partial charge < -0.3 is 19.7 Å². The fraction of sp³-hybridized carbons (Fsp3) is 0.333. The van der Waals surface area contributed by atoms with E-state index >= 15 is 0 Å². The normalized spacial score (nSPS) is 12.3. The Morgan fingerprint density at radius 2 is 1.54 bits per heavy atom. The van der Waals surface area contributed by atoms with E-state index < -0.39 is 45.8 Å². The average Bonchev–Trinajstić information content (AvgIpc) is 2.94. The van der Waals surface area contributed by atoms with Gasteiger partial charge in [-0.25, -0.2) is 12.8 Å². The summed E-state index contributed by atoms with van der Waals surface area (Å²) in [6.07, 6.45) is 0. The van der Waals surface area contributed by atoms with Gasteiger partial charge in [-0.15, -0.1) is 0 Å². The van der Waals surface area contributed by atoms with Crippen LogP contribution in [0.3, 0.4) is 0 Å². The summed E-state index contributed by atoms with van der Waals surface area (Å²) < 4.78 is 53.1. The van der Waals surface area contributed by atoms with Gasteiger partial charge in [0.05, 0.1) is 24.8 Å². The highest BCUT2D eigenvalue weighted by atomic mass is 32.2. The number of para-hydroxylation sites is 1. The number of carbonyl (C=O) groups is 2. The number of ether oxygens (including phenoxy) is 2. The number of benzene rings is 3. The minimum atomic E-state index is -4.29. The molecule has 3 aromatic rings. The van der Waals surface area contributed by atoms with Gasteiger partial charge in [0.2, 0.25) is 11.8 Å². The van der Waals surface area contributed by atoms with E-state index in [2.05, 4.69) is 5.32 Å². The molecule has 3 aromatic carbocycles. The molecule has 9 nitrogen and oxygen atoms in total. The Labute approximate surface area is 240 Å². The van der Waals surface area contributed by atoms with Crippen molar-refractivity contribution in [1.29, 1.82) is 0 Å². The van der Waals surface area contributed by atoms with Gasteiger partial charge in [-0.2, -0.15) is 0 Å². The third-order valence-electron chi connectivity index (χ3n) is 6.20. The molecule has 0 saturated heterocycles. The van der Waals surface area contributed by atoms with Gasteiger partial charge in [0.1, 0.15) is 18.4 Å². The van der Waals surface area contributed by atoms with Gasteiger partial charge in [0.15, 0.2) is 11.5 Å². The SMILES string of the molecule is COc1ccc(S(=O)(=O)N(CC(=O)N(Cc2ccc(F)cc2)[C@H](C)C(=O)NC(C)(C)C)c2ccccc2)cc1OC. The van der Waals surface area contributed by atoms with E-state index in [0.717, 1.165) is 4.31 Å². The predicted octanol–water partition coefficient (Wildman–Crippen LogP) is 4.37. The maximum atomic E-state index is 14.0. The molecule has 41 heavy (non-hydrogen) atoms. The highest BCUT2D eigenvalue weighted by molar-refractivity contribution is 7.92. The molecule has 0 aliphatic carbocycles. The molecule has 0 spiro atoms. The first-order chi connectivity index (χ1) is 19.3. The number of anilines is 1. The smallest absolute Gasteiger partial charge is 0.264 e. The molecule has 0 saturated carbocycles. The first-order valence-electron chi connectivity index (χ1n) is 12.9. The molecular formula is C30H36FN3O6S. The second-order valence-corrected chi connectivity index (χ2v) is 12.3. The zero-order chi connectivity index (χ0) is 30.4. The van der Waals surface area contributed by atoms with Gasteiger partial charge in [0.25, 0.3) is 10.0 Å². The number of amides is 2. The monoisotopic (exact) mass is 585 g/mol. The lowest BCUT2D eigenvalue weighted by molar-refractivity contribution is -0.140. The molecule has 0 heterocycles. The maximum absolute atomic E-state index is 14.0. The molecule has 0 bridgehead atoms. The van der Waals surface area contributed by atoms with E-state index in [4.69, 9.17) is 9.47 Å². The first kappa shape index (κ1) is 31.4. The van der Waals surface area contributed by atoms with Gasteiger partial charge in [0, 0.05) is 18.2 Å². The standard InChI is InChI=1S/C30H36FN3O6S/c1-21(29(36)32-30(2,3)4)33(19-22-12-14-23(31)15-13-22)28(35)20-34(24-10-8-7-9-11-24)41(37,38)25-16-17-26(39-5)27(18-25)40-6/h7-18,21H,19-20H2,1-6H3,(H,32,36)/t21-/m1/s1. The summed E-state index contributed by atoms with van der Waals surface area (Å²) >= 11 is 0. The molecule has 0 aromatic heterocycles. The van der Waals surface area contributed by atoms with Crippen LogP contribution in [0.5, 0.6) is 11.5 Å². The average molecular weight is 586 g/mol. The third kappa shape index (κ3) is 7.97. The Hall–Kier alpha value is -4.12. The third-order valence-corrected chi connectivity index (χ3v) is 7.97. The number of rotatable bonds is 11. The topological polar surface area (TPSA) is 105 Å². The van der Waals surface area contributed by atoms with Gasteiger partial charge in [-0.3, -0.25) is 13.9 Å². The highest BCUT2D eigenvalue weighted by Gasteiger charge is 2.33. The molecule has 0 aliphatic rings. The minimum Gasteiger partial charge on any atom is -0.493 e. The van der Waals surface area contributed by atoms with Crippen LogP contribution >= 0.6 is 0 Å². The number of halogens is 1. The largest absolute Gasteiger partial charge is 0.493 e. The summed E-state index contributed by atoms with van der Waals surface area (Å²) in [5.41, 5.74) is 0.260. The van der Waals surface area contributed by atoms with Crippen LogP contribution in [0, 0.1) is 5.82 Å². The van der Waals surface area contributed by atoms with Crippen molar-refractivity contribution in [2.45, 2.75) is 50.7 Å². The van der Waals surface area contributed by atoms with Crippen molar-refractivity contribution in [2.24, 2.45) is 0 Å². The van der Waals surface area contributed by atoms with Crippen molar-refractivity contribution >= 4 is 27.5 Å². The molecule has 0 radical (unpaired) electrons. The zero-order valence-electron chi connectivity index (χ0n) is 24.0. The molecule has 0 aliphatic heterocycles. The number of hydrogen-bond acceptors (Lipinski definition) is 6. The molecule has 3 rings (SSSR count). The molecule has 1 atom stereocenters. The van der Waals surface area contributed by atoms with E-state index in [-0.39, 0.29) is 22.9 Å². The van der Waals surface area contributed by atoms with E-state index in [1.54, 1.807) is 37.3 Å². The summed E-state index contributed by atoms with van der Waals surface area (Å²) in [6, 6.07) is 16.9. The quantitative estimate of drug-likeness (QED) is 0.358. The Bertz CT molecular complexity index is 1460. The lowest BCUT2D eigenvalue weighted by Crippen LogP contribution is -2.54. The molecule has 220 valence electrons. The zero-order valence-corrected chi connectivity index (χ0v) is 24.9. The molecule has 0 unspecified atom stereocenters. The van der Waals surface area contributed by atoms with Crippen molar-refractivity contribution in [3.8, 4) is 11.5 Å². The molecule has 11 heteroatoms. The lowest BCUT2D eigenvalue weighted by atomic mass is 10.1. The van der Waals surface area contributed by atoms with Crippen LogP contribution in [0.2, 0.25) is 0 Å². The summed E-state index contributed by atoms with van der Waals surface area (Å²) in [4.78, 5) is 28.2. The van der Waals surface area contributed by atoms with Crippen LogP contribution in [-0.4, -0.2) is 57.5 Å². The number of nitrogens with zero attached hydrogens (tertiary/aromatic N) is 2. The second kappa shape index (κ2) is 13.0. The van der Waals surface area contributed by atoms with Crippen LogP contribution in [0.1, 0.15) is 33.3 Å². The second-order valence-electron chi connectivity index (χ2n) is 10.4. The van der Waals surface area contributed by atoms with Crippen LogP contribution in [0.4, 0.5) is 10.1 Å². The highest BCUT2D eigenvalue weighted by Crippen LogP contribution is 2.32. The van der Waals surface area contributed by atoms with E-state index in [1.807, 2.05) is 20.8 Å². The van der Waals surface area contributed by atoms with Gasteiger partial charge in [-0.05, 0) is 69.7 Å². The minimum absolute atomic E-state index is 0.0448. The van der Waals surface area contributed by atoms with E-state index in [0.29, 0.717) is 11.3 Å². The number of carbonyl (C=O) groups excluding carboxylic acids is 2. The number of nitrogens with one attached hydrogen (secondary N) is 1. The maximum Gasteiger partial charge on any atom is 0.264 e. The fourth-order valence-corrected chi connectivity index (χ4v) is 5.50. The van der Waals surface area contributed by atoms with Crippen LogP contribution in [-0.2, 0) is 26.2 Å². The number of sulfonamides is 1. The number of methoxy groups -OCH3 is 2. The first-order valence-corrected chi connectivity index (χ1v) is 14.4. The summed E-state index contributed by atoms with van der Waals surface area (Å²) in [6.45, 7) is 6.37. The van der Waals surface area contributed by atoms with E-state index in [9.17, 15) is 22.4 Å². The molecule has 1 N–H and O–H groups in total. The van der Waals surface area contributed by atoms with Crippen molar-refractivity contribution in [2.75, 3.05) is 25.1 Å². The summed E-state index contributed by atoms with van der Waals surface area (Å²) in [5.74, 6) is -0.932. The Balaban J connectivity index is 2.04. The van der Waals surface area contributed by atoms with Crippen molar-refractivity contribution in [3.63, 3.8) is 0 Å². The lowest BCUT2D eigenvalue weighted by Gasteiger charge is -2.33. The van der Waals surface area contributed by atoms with Gasteiger partial charge >= 0.3 is 0 Å². The van der Waals surface area contributed by atoms with E-state index in [1.165, 1.54) is 61.6 Å². The number of hydrogen-bond donors (Lipinski definition) is 1. The van der Waals surface area contributed by atoms with Crippen molar-refractivity contribution in [3.05, 3.63) is 84.2 Å². The Morgan fingerprint density at radius 1 is 0.927 bits per heavy atom. The van der Waals surface area contributed by atoms with Crippen LogP contribution in [0.15, 0.2) is 77.7 Å². The molecular weight excluding hydrogens is 549 g/mol. The molecule has 2 amide bonds. The Morgan fingerprint density at radius 3 is 2.10 bits per heavy atom. The fourth-order valence-electron chi connectivity index (χ4n) is 4.07. The summed E-state index contributed by atoms with van der Waals surface area (Å²) in [5, 5.41) is 2.86. The molecule has 0 fully saturated rings. The van der Waals surface area contributed by atoms with Crippen LogP contribution in [0.25, 0.3) is 0 Å².